The van der Waals surface area contributed by atoms with Crippen molar-refractivity contribution in [2.45, 2.75) is 45.4 Å². The Bertz CT molecular complexity index is 492. The van der Waals surface area contributed by atoms with Crippen molar-refractivity contribution < 1.29 is 13.6 Å². The topological polar surface area (TPSA) is 27.7 Å². The predicted molar refractivity (Wildman–Crippen MR) is 100 cm³/mol. The second-order valence-electron chi connectivity index (χ2n) is 5.63. The highest BCUT2D eigenvalue weighted by Gasteiger charge is 2.16. The molecule has 0 bridgehead atoms. The van der Waals surface area contributed by atoms with E-state index in [1.807, 2.05) is 60.7 Å². The number of unbranched alkanes of at least 4 members (excludes halogenated alkanes) is 5. The van der Waals surface area contributed by atoms with Gasteiger partial charge in [-0.1, -0.05) is 75.4 Å². The number of para-hydroxylation sites is 2. The van der Waals surface area contributed by atoms with Crippen LogP contribution in [-0.2, 0) is 4.52 Å². The lowest BCUT2D eigenvalue weighted by Gasteiger charge is -2.17. The van der Waals surface area contributed by atoms with Crippen LogP contribution in [0.2, 0.25) is 0 Å². The van der Waals surface area contributed by atoms with E-state index in [1.165, 1.54) is 32.1 Å². The number of benzene rings is 2. The van der Waals surface area contributed by atoms with Crippen molar-refractivity contribution in [2.24, 2.45) is 0 Å². The first-order valence-electron chi connectivity index (χ1n) is 8.77. The molecule has 3 nitrogen and oxygen atoms in total. The molecule has 0 aromatic heterocycles. The third-order valence-electron chi connectivity index (χ3n) is 3.54. The Kier molecular flexibility index (Phi) is 9.29. The van der Waals surface area contributed by atoms with Crippen LogP contribution in [0.15, 0.2) is 60.7 Å². The third-order valence-corrected chi connectivity index (χ3v) is 4.65. The maximum atomic E-state index is 5.88. The van der Waals surface area contributed by atoms with E-state index in [0.717, 1.165) is 17.9 Å². The Hall–Kier alpha value is -1.57. The maximum absolute atomic E-state index is 5.88. The molecule has 0 aliphatic carbocycles. The maximum Gasteiger partial charge on any atom is 0.463 e. The lowest BCUT2D eigenvalue weighted by Crippen LogP contribution is -2.01. The molecule has 0 heterocycles. The third kappa shape index (κ3) is 7.81. The number of hydrogen-bond donors (Lipinski definition) is 0. The van der Waals surface area contributed by atoms with E-state index in [1.54, 1.807) is 0 Å². The van der Waals surface area contributed by atoms with Gasteiger partial charge in [-0.05, 0) is 30.7 Å². The molecule has 2 aromatic carbocycles. The molecule has 0 aliphatic rings. The van der Waals surface area contributed by atoms with Crippen molar-refractivity contribution in [1.29, 1.82) is 0 Å². The minimum Gasteiger partial charge on any atom is -0.418 e. The highest BCUT2D eigenvalue weighted by atomic mass is 31.2. The molecule has 0 fully saturated rings. The average Bonchev–Trinajstić information content (AvgIpc) is 2.62. The molecule has 0 aliphatic heterocycles. The fourth-order valence-corrected chi connectivity index (χ4v) is 3.24. The highest BCUT2D eigenvalue weighted by molar-refractivity contribution is 7.42. The normalized spacial score (nSPS) is 10.8. The molecule has 24 heavy (non-hydrogen) atoms. The van der Waals surface area contributed by atoms with Crippen LogP contribution in [0.5, 0.6) is 11.5 Å². The first-order valence-corrected chi connectivity index (χ1v) is 9.87. The van der Waals surface area contributed by atoms with E-state index < -0.39 is 8.60 Å². The Morgan fingerprint density at radius 3 is 1.71 bits per heavy atom. The van der Waals surface area contributed by atoms with Crippen molar-refractivity contribution in [3.05, 3.63) is 60.7 Å². The lowest BCUT2D eigenvalue weighted by atomic mass is 10.1. The fourth-order valence-electron chi connectivity index (χ4n) is 2.23. The SMILES string of the molecule is CCCCCCCCOP(Oc1ccccc1)Oc1ccccc1. The fraction of sp³-hybridized carbons (Fsp3) is 0.400. The summed E-state index contributed by atoms with van der Waals surface area (Å²) in [6.07, 6.45) is 7.42. The predicted octanol–water partition coefficient (Wildman–Crippen LogP) is 6.75. The molecule has 0 unspecified atom stereocenters. The largest absolute Gasteiger partial charge is 0.463 e. The minimum absolute atomic E-state index is 0.664. The summed E-state index contributed by atoms with van der Waals surface area (Å²) in [7, 11) is -1.44. The van der Waals surface area contributed by atoms with Crippen LogP contribution >= 0.6 is 8.60 Å². The van der Waals surface area contributed by atoms with E-state index >= 15 is 0 Å². The summed E-state index contributed by atoms with van der Waals surface area (Å²) in [6, 6.07) is 19.4. The van der Waals surface area contributed by atoms with Crippen molar-refractivity contribution in [3.8, 4) is 11.5 Å². The first kappa shape index (κ1) is 18.8. The number of rotatable bonds is 12. The van der Waals surface area contributed by atoms with Crippen molar-refractivity contribution in [2.75, 3.05) is 6.61 Å². The standard InChI is InChI=1S/C20H27O3P/c1-2-3-4-5-6-13-18-21-24(22-19-14-9-7-10-15-19)23-20-16-11-8-12-17-20/h7-12,14-17H,2-6,13,18H2,1H3. The Labute approximate surface area is 147 Å². The summed E-state index contributed by atoms with van der Waals surface area (Å²) >= 11 is 0. The molecule has 0 amide bonds. The van der Waals surface area contributed by atoms with Gasteiger partial charge in [0.1, 0.15) is 11.5 Å². The molecule has 0 spiro atoms. The molecule has 0 N–H and O–H groups in total. The zero-order valence-corrected chi connectivity index (χ0v) is 15.3. The zero-order valence-electron chi connectivity index (χ0n) is 14.4. The van der Waals surface area contributed by atoms with Crippen LogP contribution in [0.25, 0.3) is 0 Å². The van der Waals surface area contributed by atoms with Crippen LogP contribution in [0, 0.1) is 0 Å². The van der Waals surface area contributed by atoms with Crippen LogP contribution in [0.1, 0.15) is 45.4 Å². The van der Waals surface area contributed by atoms with Gasteiger partial charge < -0.3 is 9.05 Å². The molecular weight excluding hydrogens is 319 g/mol. The van der Waals surface area contributed by atoms with E-state index in [-0.39, 0.29) is 0 Å². The average molecular weight is 346 g/mol. The Morgan fingerprint density at radius 1 is 0.667 bits per heavy atom. The molecule has 0 radical (unpaired) electrons. The smallest absolute Gasteiger partial charge is 0.418 e. The summed E-state index contributed by atoms with van der Waals surface area (Å²) in [6.45, 7) is 2.90. The molecular formula is C20H27O3P. The van der Waals surface area contributed by atoms with E-state index in [2.05, 4.69) is 6.92 Å². The molecule has 0 atom stereocenters. The van der Waals surface area contributed by atoms with Gasteiger partial charge in [0.05, 0.1) is 6.61 Å². The molecule has 130 valence electrons. The second kappa shape index (κ2) is 11.9. The van der Waals surface area contributed by atoms with Crippen molar-refractivity contribution >= 4 is 8.60 Å². The summed E-state index contributed by atoms with van der Waals surface area (Å²) in [5.41, 5.74) is 0. The van der Waals surface area contributed by atoms with E-state index in [9.17, 15) is 0 Å². The van der Waals surface area contributed by atoms with Gasteiger partial charge >= 0.3 is 8.60 Å². The van der Waals surface area contributed by atoms with E-state index in [4.69, 9.17) is 13.6 Å². The first-order chi connectivity index (χ1) is 11.9. The Morgan fingerprint density at radius 2 is 1.17 bits per heavy atom. The van der Waals surface area contributed by atoms with Gasteiger partial charge in [0.25, 0.3) is 0 Å². The Balaban J connectivity index is 1.79. The molecule has 2 aromatic rings. The van der Waals surface area contributed by atoms with Crippen molar-refractivity contribution in [3.63, 3.8) is 0 Å². The highest BCUT2D eigenvalue weighted by Crippen LogP contribution is 2.41. The molecule has 0 saturated carbocycles. The molecule has 0 saturated heterocycles. The molecule has 2 rings (SSSR count). The van der Waals surface area contributed by atoms with E-state index in [0.29, 0.717) is 6.61 Å². The van der Waals surface area contributed by atoms with Crippen molar-refractivity contribution in [1.82, 2.24) is 0 Å². The van der Waals surface area contributed by atoms with Gasteiger partial charge in [-0.15, -0.1) is 0 Å². The van der Waals surface area contributed by atoms with Gasteiger partial charge in [-0.2, -0.15) is 0 Å². The van der Waals surface area contributed by atoms with Gasteiger partial charge in [0.15, 0.2) is 0 Å². The van der Waals surface area contributed by atoms with Gasteiger partial charge in [-0.3, -0.25) is 4.52 Å². The minimum atomic E-state index is -1.44. The van der Waals surface area contributed by atoms with Crippen LogP contribution < -0.4 is 9.05 Å². The zero-order chi connectivity index (χ0) is 16.9. The monoisotopic (exact) mass is 346 g/mol. The number of hydrogen-bond acceptors (Lipinski definition) is 3. The van der Waals surface area contributed by atoms with Gasteiger partial charge in [0, 0.05) is 0 Å². The quantitative estimate of drug-likeness (QED) is 0.314. The van der Waals surface area contributed by atoms with Crippen LogP contribution in [0.3, 0.4) is 0 Å². The summed E-state index contributed by atoms with van der Waals surface area (Å²) in [5.74, 6) is 1.53. The summed E-state index contributed by atoms with van der Waals surface area (Å²) < 4.78 is 17.6. The van der Waals surface area contributed by atoms with Crippen LogP contribution in [0.4, 0.5) is 0 Å². The second-order valence-corrected chi connectivity index (χ2v) is 6.70. The van der Waals surface area contributed by atoms with Gasteiger partial charge in [-0.25, -0.2) is 0 Å². The lowest BCUT2D eigenvalue weighted by molar-refractivity contribution is 0.258. The summed E-state index contributed by atoms with van der Waals surface area (Å²) in [4.78, 5) is 0. The summed E-state index contributed by atoms with van der Waals surface area (Å²) in [5, 5.41) is 0. The molecule has 4 heteroatoms. The van der Waals surface area contributed by atoms with Crippen LogP contribution in [-0.4, -0.2) is 6.61 Å². The van der Waals surface area contributed by atoms with Gasteiger partial charge in [0.2, 0.25) is 0 Å².